The highest BCUT2D eigenvalue weighted by atomic mass is 32.1. The third-order valence-electron chi connectivity index (χ3n) is 3.02. The van der Waals surface area contributed by atoms with E-state index in [0.717, 1.165) is 0 Å². The van der Waals surface area contributed by atoms with Gasteiger partial charge in [0.2, 0.25) is 0 Å². The number of thiophene rings is 1. The minimum absolute atomic E-state index is 0.486. The van der Waals surface area contributed by atoms with E-state index >= 15 is 0 Å². The van der Waals surface area contributed by atoms with Crippen molar-refractivity contribution in [2.75, 3.05) is 0 Å². The summed E-state index contributed by atoms with van der Waals surface area (Å²) in [5.74, 6) is 0. The summed E-state index contributed by atoms with van der Waals surface area (Å²) in [4.78, 5) is 2.87. The zero-order valence-electron chi connectivity index (χ0n) is 10.6. The molecule has 15 heavy (non-hydrogen) atoms. The maximum atomic E-state index is 3.69. The first-order valence-corrected chi connectivity index (χ1v) is 6.73. The number of hydrogen-bond donors (Lipinski definition) is 1. The van der Waals surface area contributed by atoms with Crippen LogP contribution in [0.15, 0.2) is 6.07 Å². The molecule has 0 saturated heterocycles. The van der Waals surface area contributed by atoms with Crippen LogP contribution in [0.25, 0.3) is 0 Å². The van der Waals surface area contributed by atoms with Crippen molar-refractivity contribution in [1.82, 2.24) is 5.32 Å². The van der Waals surface area contributed by atoms with Crippen molar-refractivity contribution in [2.24, 2.45) is 0 Å². The summed E-state index contributed by atoms with van der Waals surface area (Å²) in [6, 6.07) is 3.46. The van der Waals surface area contributed by atoms with Crippen molar-refractivity contribution in [2.45, 2.75) is 59.5 Å². The van der Waals surface area contributed by atoms with Gasteiger partial charge in [-0.2, -0.15) is 0 Å². The van der Waals surface area contributed by atoms with E-state index in [-0.39, 0.29) is 0 Å². The molecule has 1 heterocycles. The highest BCUT2D eigenvalue weighted by molar-refractivity contribution is 7.12. The van der Waals surface area contributed by atoms with Gasteiger partial charge in [-0.1, -0.05) is 13.8 Å². The predicted octanol–water partition coefficient (Wildman–Crippen LogP) is 4.20. The highest BCUT2D eigenvalue weighted by Gasteiger charge is 2.13. The van der Waals surface area contributed by atoms with Crippen LogP contribution in [0.3, 0.4) is 0 Å². The molecule has 0 spiro atoms. The summed E-state index contributed by atoms with van der Waals surface area (Å²) in [6.45, 7) is 11.2. The van der Waals surface area contributed by atoms with Gasteiger partial charge in [-0.15, -0.1) is 11.3 Å². The van der Waals surface area contributed by atoms with E-state index in [0.29, 0.717) is 12.1 Å². The fraction of sp³-hybridized carbons (Fsp3) is 0.692. The maximum absolute atomic E-state index is 3.69. The van der Waals surface area contributed by atoms with Gasteiger partial charge in [-0.3, -0.25) is 0 Å². The summed E-state index contributed by atoms with van der Waals surface area (Å²) in [5.41, 5.74) is 1.48. The molecule has 1 aromatic heterocycles. The van der Waals surface area contributed by atoms with E-state index in [1.165, 1.54) is 28.2 Å². The molecule has 1 N–H and O–H groups in total. The summed E-state index contributed by atoms with van der Waals surface area (Å²) in [6.07, 6.45) is 2.42. The van der Waals surface area contributed by atoms with Crippen LogP contribution < -0.4 is 5.32 Å². The summed E-state index contributed by atoms with van der Waals surface area (Å²) >= 11 is 1.90. The van der Waals surface area contributed by atoms with E-state index in [2.05, 4.69) is 46.0 Å². The molecule has 1 nitrogen and oxygen atoms in total. The van der Waals surface area contributed by atoms with E-state index in [9.17, 15) is 0 Å². The Labute approximate surface area is 97.9 Å². The molecule has 0 fully saturated rings. The van der Waals surface area contributed by atoms with Crippen molar-refractivity contribution < 1.29 is 0 Å². The van der Waals surface area contributed by atoms with Gasteiger partial charge in [0.15, 0.2) is 0 Å². The quantitative estimate of drug-likeness (QED) is 0.791. The zero-order valence-corrected chi connectivity index (χ0v) is 11.4. The smallest absolute Gasteiger partial charge is 0.0305 e. The van der Waals surface area contributed by atoms with Gasteiger partial charge in [-0.05, 0) is 45.2 Å². The third kappa shape index (κ3) is 3.32. The topological polar surface area (TPSA) is 12.0 Å². The lowest BCUT2D eigenvalue weighted by Gasteiger charge is -2.21. The molecular formula is C13H23NS. The Morgan fingerprint density at radius 1 is 1.27 bits per heavy atom. The molecule has 0 aliphatic heterocycles. The molecule has 0 amide bonds. The molecule has 0 aliphatic carbocycles. The fourth-order valence-electron chi connectivity index (χ4n) is 2.05. The molecule has 0 saturated carbocycles. The van der Waals surface area contributed by atoms with Crippen LogP contribution in [-0.4, -0.2) is 6.04 Å². The first-order valence-electron chi connectivity index (χ1n) is 5.91. The third-order valence-corrected chi connectivity index (χ3v) is 4.00. The zero-order chi connectivity index (χ0) is 11.4. The van der Waals surface area contributed by atoms with Crippen molar-refractivity contribution in [1.29, 1.82) is 0 Å². The van der Waals surface area contributed by atoms with Crippen molar-refractivity contribution >= 4 is 11.3 Å². The predicted molar refractivity (Wildman–Crippen MR) is 69.7 cm³/mol. The number of aryl methyl sites for hydroxylation is 2. The van der Waals surface area contributed by atoms with E-state index in [1.807, 2.05) is 11.3 Å². The number of rotatable bonds is 5. The first kappa shape index (κ1) is 12.7. The largest absolute Gasteiger partial charge is 0.307 e. The molecule has 86 valence electrons. The molecule has 1 atom stereocenters. The van der Waals surface area contributed by atoms with Crippen LogP contribution in [0.1, 0.15) is 55.0 Å². The second kappa shape index (κ2) is 5.66. The van der Waals surface area contributed by atoms with Crippen molar-refractivity contribution in [3.05, 3.63) is 21.4 Å². The molecule has 1 aromatic rings. The Morgan fingerprint density at radius 3 is 2.27 bits per heavy atom. The van der Waals surface area contributed by atoms with Crippen LogP contribution in [0, 0.1) is 13.8 Å². The maximum Gasteiger partial charge on any atom is 0.0305 e. The van der Waals surface area contributed by atoms with Gasteiger partial charge in [0, 0.05) is 21.8 Å². The second-order valence-corrected chi connectivity index (χ2v) is 5.73. The average molecular weight is 225 g/mol. The van der Waals surface area contributed by atoms with Gasteiger partial charge < -0.3 is 5.32 Å². The SMILES string of the molecule is CCC(CC)NC(C)c1cc(C)sc1C. The second-order valence-electron chi connectivity index (χ2n) is 4.27. The normalized spacial score (nSPS) is 13.5. The summed E-state index contributed by atoms with van der Waals surface area (Å²) < 4.78 is 0. The van der Waals surface area contributed by atoms with Gasteiger partial charge >= 0.3 is 0 Å². The monoisotopic (exact) mass is 225 g/mol. The lowest BCUT2D eigenvalue weighted by atomic mass is 10.1. The molecule has 0 aromatic carbocycles. The molecule has 2 heteroatoms. The summed E-state index contributed by atoms with van der Waals surface area (Å²) in [7, 11) is 0. The molecule has 1 rings (SSSR count). The standard InChI is InChI=1S/C13H23NS/c1-6-12(7-2)14-10(4)13-8-9(3)15-11(13)5/h8,10,12,14H,6-7H2,1-5H3. The Bertz CT molecular complexity index is 299. The average Bonchev–Trinajstić information content (AvgIpc) is 2.54. The minimum Gasteiger partial charge on any atom is -0.307 e. The van der Waals surface area contributed by atoms with Crippen LogP contribution >= 0.6 is 11.3 Å². The number of hydrogen-bond acceptors (Lipinski definition) is 2. The van der Waals surface area contributed by atoms with E-state index in [1.54, 1.807) is 0 Å². The van der Waals surface area contributed by atoms with Gasteiger partial charge in [0.05, 0.1) is 0 Å². The number of nitrogens with one attached hydrogen (secondary N) is 1. The van der Waals surface area contributed by atoms with Crippen molar-refractivity contribution in [3.8, 4) is 0 Å². The fourth-order valence-corrected chi connectivity index (χ4v) is 3.07. The lowest BCUT2D eigenvalue weighted by Crippen LogP contribution is -2.30. The Hall–Kier alpha value is -0.340. The van der Waals surface area contributed by atoms with Crippen LogP contribution in [-0.2, 0) is 0 Å². The Kier molecular flexibility index (Phi) is 4.81. The van der Waals surface area contributed by atoms with Gasteiger partial charge in [-0.25, -0.2) is 0 Å². The highest BCUT2D eigenvalue weighted by Crippen LogP contribution is 2.26. The van der Waals surface area contributed by atoms with Gasteiger partial charge in [0.25, 0.3) is 0 Å². The van der Waals surface area contributed by atoms with E-state index in [4.69, 9.17) is 0 Å². The molecular weight excluding hydrogens is 202 g/mol. The lowest BCUT2D eigenvalue weighted by molar-refractivity contribution is 0.432. The van der Waals surface area contributed by atoms with Crippen LogP contribution in [0.2, 0.25) is 0 Å². The van der Waals surface area contributed by atoms with Crippen molar-refractivity contribution in [3.63, 3.8) is 0 Å². The van der Waals surface area contributed by atoms with Gasteiger partial charge in [0.1, 0.15) is 0 Å². The van der Waals surface area contributed by atoms with E-state index < -0.39 is 0 Å². The first-order chi connectivity index (χ1) is 7.08. The Morgan fingerprint density at radius 2 is 1.87 bits per heavy atom. The van der Waals surface area contributed by atoms with Crippen LogP contribution in [0.5, 0.6) is 0 Å². The summed E-state index contributed by atoms with van der Waals surface area (Å²) in [5, 5.41) is 3.69. The minimum atomic E-state index is 0.486. The Balaban J connectivity index is 2.67. The molecule has 0 radical (unpaired) electrons. The molecule has 0 aliphatic rings. The molecule has 1 unspecified atom stereocenters. The van der Waals surface area contributed by atoms with Crippen LogP contribution in [0.4, 0.5) is 0 Å². The molecule has 0 bridgehead atoms.